The summed E-state index contributed by atoms with van der Waals surface area (Å²) in [5.41, 5.74) is 3.57. The van der Waals surface area contributed by atoms with Crippen molar-refractivity contribution in [1.82, 2.24) is 4.57 Å². The molecule has 3 aromatic carbocycles. The molecule has 0 saturated heterocycles. The summed E-state index contributed by atoms with van der Waals surface area (Å²) in [5, 5.41) is 11.6. The van der Waals surface area contributed by atoms with Gasteiger partial charge >= 0.3 is 0 Å². The Balaban J connectivity index is 1.34. The molecule has 0 fully saturated rings. The number of aliphatic carboxylic acids is 1. The molecule has 0 unspecified atom stereocenters. The van der Waals surface area contributed by atoms with E-state index >= 15 is 0 Å². The van der Waals surface area contributed by atoms with Gasteiger partial charge in [-0.05, 0) is 35.7 Å². The first kappa shape index (κ1) is 21.7. The number of nitrogens with zero attached hydrogens (tertiary/aromatic N) is 1. The summed E-state index contributed by atoms with van der Waals surface area (Å²) in [4.78, 5) is 10.7. The minimum absolute atomic E-state index is 0.299. The van der Waals surface area contributed by atoms with Crippen LogP contribution in [0.4, 0.5) is 0 Å². The van der Waals surface area contributed by atoms with Crippen LogP contribution in [0.25, 0.3) is 10.9 Å². The van der Waals surface area contributed by atoms with Crippen LogP contribution in [0.2, 0.25) is 0 Å². The zero-order valence-electron chi connectivity index (χ0n) is 17.9. The lowest BCUT2D eigenvalue weighted by Crippen LogP contribution is -2.28. The predicted octanol–water partition coefficient (Wildman–Crippen LogP) is 4.01. The maximum Gasteiger partial charge on any atom is 0.129 e. The number of hydrogen-bond acceptors (Lipinski definition) is 4. The van der Waals surface area contributed by atoms with Gasteiger partial charge in [-0.1, -0.05) is 66.7 Å². The van der Waals surface area contributed by atoms with Crippen LogP contribution in [0, 0.1) is 0 Å². The minimum Gasteiger partial charge on any atom is -0.546 e. The van der Waals surface area contributed by atoms with Gasteiger partial charge in [-0.15, -0.1) is 0 Å². The fourth-order valence-electron chi connectivity index (χ4n) is 4.02. The van der Waals surface area contributed by atoms with Gasteiger partial charge in [0.05, 0.1) is 18.1 Å². The van der Waals surface area contributed by atoms with Crippen LogP contribution in [0.3, 0.4) is 0 Å². The van der Waals surface area contributed by atoms with E-state index in [9.17, 15) is 9.90 Å². The topological polar surface area (TPSA) is 63.5 Å². The van der Waals surface area contributed by atoms with Crippen molar-refractivity contribution in [2.45, 2.75) is 18.9 Å². The Morgan fingerprint density at radius 1 is 0.844 bits per heavy atom. The Morgan fingerprint density at radius 2 is 1.53 bits per heavy atom. The smallest absolute Gasteiger partial charge is 0.129 e. The molecular weight excluding hydrogens is 402 g/mol. The van der Waals surface area contributed by atoms with E-state index in [1.165, 1.54) is 11.1 Å². The molecule has 0 radical (unpaired) electrons. The van der Waals surface area contributed by atoms with E-state index in [2.05, 4.69) is 53.1 Å². The summed E-state index contributed by atoms with van der Waals surface area (Å²) in [5.74, 6) is -0.396. The van der Waals surface area contributed by atoms with E-state index in [4.69, 9.17) is 9.47 Å². The summed E-state index contributed by atoms with van der Waals surface area (Å²) in [6.45, 7) is 1.49. The molecule has 0 saturated carbocycles. The standard InChI is InChI=1S/C27H27NO4/c29-27(30)20-32-26-13-7-12-25-24(26)14-16-28(25)17-19-31-18-15-23(21-8-3-1-4-9-21)22-10-5-2-6-11-22/h1-14,16,23H,15,17-20H2,(H,29,30)/p-1. The van der Waals surface area contributed by atoms with Crippen molar-refractivity contribution in [3.05, 3.63) is 102 Å². The van der Waals surface area contributed by atoms with Crippen molar-refractivity contribution in [3.63, 3.8) is 0 Å². The van der Waals surface area contributed by atoms with Gasteiger partial charge in [-0.2, -0.15) is 0 Å². The van der Waals surface area contributed by atoms with E-state index in [-0.39, 0.29) is 0 Å². The summed E-state index contributed by atoms with van der Waals surface area (Å²) >= 11 is 0. The molecule has 0 spiro atoms. The molecule has 5 nitrogen and oxygen atoms in total. The van der Waals surface area contributed by atoms with Crippen molar-refractivity contribution in [2.24, 2.45) is 0 Å². The first-order chi connectivity index (χ1) is 15.7. The number of carbonyl (C=O) groups is 1. The normalized spacial score (nSPS) is 11.2. The average molecular weight is 429 g/mol. The maximum absolute atomic E-state index is 10.7. The molecule has 0 atom stereocenters. The number of fused-ring (bicyclic) bond motifs is 1. The molecule has 0 aliphatic rings. The number of rotatable bonds is 11. The van der Waals surface area contributed by atoms with E-state index in [1.807, 2.05) is 36.5 Å². The van der Waals surface area contributed by atoms with Crippen LogP contribution < -0.4 is 9.84 Å². The molecule has 164 valence electrons. The lowest BCUT2D eigenvalue weighted by molar-refractivity contribution is -0.307. The monoisotopic (exact) mass is 428 g/mol. The minimum atomic E-state index is -1.24. The van der Waals surface area contributed by atoms with Crippen LogP contribution in [0.5, 0.6) is 5.75 Å². The highest BCUT2D eigenvalue weighted by Crippen LogP contribution is 2.28. The fourth-order valence-corrected chi connectivity index (χ4v) is 4.02. The largest absolute Gasteiger partial charge is 0.546 e. The molecule has 1 heterocycles. The lowest BCUT2D eigenvalue weighted by atomic mass is 9.89. The molecule has 32 heavy (non-hydrogen) atoms. The number of carbonyl (C=O) groups excluding carboxylic acids is 1. The molecule has 0 bridgehead atoms. The van der Waals surface area contributed by atoms with Gasteiger partial charge in [0.15, 0.2) is 0 Å². The maximum atomic E-state index is 10.7. The highest BCUT2D eigenvalue weighted by molar-refractivity contribution is 5.86. The summed E-state index contributed by atoms with van der Waals surface area (Å²) in [6, 6.07) is 28.6. The second-order valence-electron chi connectivity index (χ2n) is 7.63. The summed E-state index contributed by atoms with van der Waals surface area (Å²) in [6.07, 6.45) is 2.87. The first-order valence-corrected chi connectivity index (χ1v) is 10.8. The molecule has 5 heteroatoms. The Labute approximate surface area is 187 Å². The fraction of sp³-hybridized carbons (Fsp3) is 0.222. The van der Waals surface area contributed by atoms with E-state index in [1.54, 1.807) is 6.07 Å². The molecule has 0 aliphatic heterocycles. The second kappa shape index (κ2) is 10.6. The predicted molar refractivity (Wildman–Crippen MR) is 123 cm³/mol. The highest BCUT2D eigenvalue weighted by Gasteiger charge is 2.13. The second-order valence-corrected chi connectivity index (χ2v) is 7.63. The van der Waals surface area contributed by atoms with E-state index in [0.29, 0.717) is 31.4 Å². The molecule has 0 aliphatic carbocycles. The molecule has 0 N–H and O–H groups in total. The van der Waals surface area contributed by atoms with Crippen LogP contribution in [-0.4, -0.2) is 30.4 Å². The summed E-state index contributed by atoms with van der Waals surface area (Å²) in [7, 11) is 0. The van der Waals surface area contributed by atoms with Gasteiger partial charge < -0.3 is 23.9 Å². The van der Waals surface area contributed by atoms with Crippen LogP contribution in [-0.2, 0) is 16.1 Å². The number of aromatic nitrogens is 1. The highest BCUT2D eigenvalue weighted by atomic mass is 16.5. The van der Waals surface area contributed by atoms with Crippen molar-refractivity contribution >= 4 is 16.9 Å². The van der Waals surface area contributed by atoms with Gasteiger partial charge in [0.25, 0.3) is 0 Å². The molecule has 1 aromatic heterocycles. The van der Waals surface area contributed by atoms with E-state index < -0.39 is 12.6 Å². The Bertz CT molecular complexity index is 1100. The van der Waals surface area contributed by atoms with Gasteiger partial charge in [-0.3, -0.25) is 0 Å². The quantitative estimate of drug-likeness (QED) is 0.339. The van der Waals surface area contributed by atoms with Gasteiger partial charge in [0.2, 0.25) is 0 Å². The van der Waals surface area contributed by atoms with Crippen molar-refractivity contribution in [1.29, 1.82) is 0 Å². The van der Waals surface area contributed by atoms with E-state index in [0.717, 1.165) is 17.3 Å². The third kappa shape index (κ3) is 5.37. The number of carboxylic acid groups (broad SMARTS) is 1. The van der Waals surface area contributed by atoms with Gasteiger partial charge in [-0.25, -0.2) is 0 Å². The first-order valence-electron chi connectivity index (χ1n) is 10.8. The number of ether oxygens (including phenoxy) is 2. The van der Waals surface area contributed by atoms with Crippen molar-refractivity contribution in [2.75, 3.05) is 19.8 Å². The number of carboxylic acids is 1. The third-order valence-corrected chi connectivity index (χ3v) is 5.55. The Morgan fingerprint density at radius 3 is 2.19 bits per heavy atom. The molecule has 4 rings (SSSR count). The van der Waals surface area contributed by atoms with Crippen molar-refractivity contribution in [3.8, 4) is 5.75 Å². The van der Waals surface area contributed by atoms with Crippen LogP contribution >= 0.6 is 0 Å². The zero-order chi connectivity index (χ0) is 22.2. The Kier molecular flexibility index (Phi) is 7.20. The molecular formula is C27H26NO4-. The Hall–Kier alpha value is -3.57. The average Bonchev–Trinajstić information content (AvgIpc) is 3.25. The number of hydrogen-bond donors (Lipinski definition) is 0. The molecule has 0 amide bonds. The molecule has 4 aromatic rings. The third-order valence-electron chi connectivity index (χ3n) is 5.55. The zero-order valence-corrected chi connectivity index (χ0v) is 17.9. The van der Waals surface area contributed by atoms with Crippen molar-refractivity contribution < 1.29 is 19.4 Å². The lowest BCUT2D eigenvalue weighted by Gasteiger charge is -2.18. The SMILES string of the molecule is O=C([O-])COc1cccc2c1ccn2CCOCCC(c1ccccc1)c1ccccc1. The van der Waals surface area contributed by atoms with Crippen LogP contribution in [0.15, 0.2) is 91.1 Å². The van der Waals surface area contributed by atoms with Gasteiger partial charge in [0, 0.05) is 30.7 Å². The summed E-state index contributed by atoms with van der Waals surface area (Å²) < 4.78 is 13.4. The number of benzene rings is 3. The van der Waals surface area contributed by atoms with Crippen LogP contribution in [0.1, 0.15) is 23.5 Å². The van der Waals surface area contributed by atoms with Gasteiger partial charge in [0.1, 0.15) is 12.4 Å².